The molecule has 1 aliphatic heterocycles. The summed E-state index contributed by atoms with van der Waals surface area (Å²) in [6, 6.07) is 9.83. The van der Waals surface area contributed by atoms with Crippen LogP contribution in [0.2, 0.25) is 0 Å². The van der Waals surface area contributed by atoms with Crippen LogP contribution >= 0.6 is 0 Å². The third kappa shape index (κ3) is 3.31. The van der Waals surface area contributed by atoms with E-state index in [-0.39, 0.29) is 23.6 Å². The number of fused-ring (bicyclic) bond motifs is 1. The summed E-state index contributed by atoms with van der Waals surface area (Å²) in [7, 11) is 0. The van der Waals surface area contributed by atoms with Crippen LogP contribution in [0.3, 0.4) is 0 Å². The fourth-order valence-corrected chi connectivity index (χ4v) is 3.60. The summed E-state index contributed by atoms with van der Waals surface area (Å²) in [5.41, 5.74) is 1.68. The number of carbonyl (C=O) groups excluding carboxylic acids is 1. The number of nitrogens with one attached hydrogen (secondary N) is 1. The Morgan fingerprint density at radius 3 is 2.86 bits per heavy atom. The average Bonchev–Trinajstić information content (AvgIpc) is 3.48. The number of hydrogen-bond donors (Lipinski definition) is 1. The van der Waals surface area contributed by atoms with Crippen molar-refractivity contribution in [3.8, 4) is 5.69 Å². The molecule has 0 spiro atoms. The van der Waals surface area contributed by atoms with Gasteiger partial charge < -0.3 is 14.6 Å². The van der Waals surface area contributed by atoms with Crippen molar-refractivity contribution in [2.75, 3.05) is 18.0 Å². The van der Waals surface area contributed by atoms with Gasteiger partial charge in [-0.05, 0) is 42.8 Å². The molecule has 0 saturated carbocycles. The minimum absolute atomic E-state index is 0.0164. The molecule has 0 bridgehead atoms. The molecular weight excluding hydrogens is 373 g/mol. The summed E-state index contributed by atoms with van der Waals surface area (Å²) in [5, 5.41) is 7.20. The van der Waals surface area contributed by atoms with Crippen LogP contribution in [0.4, 0.5) is 10.2 Å². The van der Waals surface area contributed by atoms with E-state index in [2.05, 4.69) is 25.3 Å². The summed E-state index contributed by atoms with van der Waals surface area (Å²) < 4.78 is 16.5. The van der Waals surface area contributed by atoms with Crippen molar-refractivity contribution >= 4 is 17.2 Å². The van der Waals surface area contributed by atoms with E-state index in [9.17, 15) is 9.18 Å². The maximum atomic E-state index is 13.1. The Hall–Kier alpha value is -3.75. The van der Waals surface area contributed by atoms with Crippen LogP contribution < -0.4 is 10.2 Å². The van der Waals surface area contributed by atoms with Gasteiger partial charge in [0.1, 0.15) is 12.1 Å². The molecule has 9 heteroatoms. The molecule has 29 heavy (non-hydrogen) atoms. The molecule has 4 heterocycles. The third-order valence-corrected chi connectivity index (χ3v) is 5.04. The number of carbonyl (C=O) groups is 1. The molecule has 0 unspecified atom stereocenters. The molecule has 1 aliphatic rings. The summed E-state index contributed by atoms with van der Waals surface area (Å²) in [6.07, 6.45) is 7.94. The lowest BCUT2D eigenvalue weighted by atomic mass is 10.2. The second-order valence-electron chi connectivity index (χ2n) is 6.95. The number of nitrogens with zero attached hydrogens (tertiary/aromatic N) is 6. The Kier molecular flexibility index (Phi) is 4.19. The fourth-order valence-electron chi connectivity index (χ4n) is 3.60. The molecule has 1 fully saturated rings. The molecule has 1 aromatic carbocycles. The molecule has 8 nitrogen and oxygen atoms in total. The third-order valence-electron chi connectivity index (χ3n) is 5.04. The SMILES string of the molecule is O=C(N[C@@H]1CCN(c2nccn3cccc23)C1)c1ncn(-c2ccc(F)cc2)n1. The summed E-state index contributed by atoms with van der Waals surface area (Å²) in [6.45, 7) is 1.47. The quantitative estimate of drug-likeness (QED) is 0.576. The maximum Gasteiger partial charge on any atom is 0.291 e. The van der Waals surface area contributed by atoms with E-state index in [1.54, 1.807) is 18.3 Å². The van der Waals surface area contributed by atoms with Crippen LogP contribution in [0.15, 0.2) is 61.3 Å². The molecule has 5 rings (SSSR count). The molecule has 4 aromatic rings. The highest BCUT2D eigenvalue weighted by atomic mass is 19.1. The second-order valence-corrected chi connectivity index (χ2v) is 6.95. The highest BCUT2D eigenvalue weighted by Crippen LogP contribution is 2.23. The predicted octanol–water partition coefficient (Wildman–Crippen LogP) is 2.06. The summed E-state index contributed by atoms with van der Waals surface area (Å²) in [5.74, 6) is 0.335. The number of benzene rings is 1. The Balaban J connectivity index is 1.26. The van der Waals surface area contributed by atoms with E-state index in [4.69, 9.17) is 0 Å². The molecule has 1 saturated heterocycles. The van der Waals surface area contributed by atoms with E-state index in [1.807, 2.05) is 28.9 Å². The highest BCUT2D eigenvalue weighted by Gasteiger charge is 2.27. The Morgan fingerprint density at radius 2 is 2.00 bits per heavy atom. The van der Waals surface area contributed by atoms with Crippen LogP contribution in [0.1, 0.15) is 17.0 Å². The van der Waals surface area contributed by atoms with E-state index in [0.29, 0.717) is 12.2 Å². The van der Waals surface area contributed by atoms with Crippen molar-refractivity contribution in [2.45, 2.75) is 12.5 Å². The van der Waals surface area contributed by atoms with E-state index < -0.39 is 0 Å². The van der Waals surface area contributed by atoms with Crippen molar-refractivity contribution in [1.82, 2.24) is 29.5 Å². The van der Waals surface area contributed by atoms with E-state index in [1.165, 1.54) is 23.1 Å². The van der Waals surface area contributed by atoms with Crippen LogP contribution in [-0.2, 0) is 0 Å². The van der Waals surface area contributed by atoms with Crippen molar-refractivity contribution in [2.24, 2.45) is 0 Å². The lowest BCUT2D eigenvalue weighted by molar-refractivity contribution is 0.0930. The number of rotatable bonds is 4. The van der Waals surface area contributed by atoms with Crippen molar-refractivity contribution in [1.29, 1.82) is 0 Å². The molecule has 0 aliphatic carbocycles. The van der Waals surface area contributed by atoms with Gasteiger partial charge in [-0.3, -0.25) is 4.79 Å². The molecule has 1 N–H and O–H groups in total. The second kappa shape index (κ2) is 7.01. The number of aromatic nitrogens is 5. The molecule has 1 amide bonds. The zero-order chi connectivity index (χ0) is 19.8. The van der Waals surface area contributed by atoms with Gasteiger partial charge in [-0.1, -0.05) is 0 Å². The van der Waals surface area contributed by atoms with Gasteiger partial charge in [-0.15, -0.1) is 5.10 Å². The Morgan fingerprint density at radius 1 is 1.14 bits per heavy atom. The lowest BCUT2D eigenvalue weighted by Crippen LogP contribution is -2.37. The minimum atomic E-state index is -0.331. The lowest BCUT2D eigenvalue weighted by Gasteiger charge is -2.18. The number of amides is 1. The van der Waals surface area contributed by atoms with E-state index >= 15 is 0 Å². The maximum absolute atomic E-state index is 13.1. The number of anilines is 1. The number of halogens is 1. The number of hydrogen-bond acceptors (Lipinski definition) is 5. The largest absolute Gasteiger partial charge is 0.353 e. The molecule has 0 radical (unpaired) electrons. The molecule has 1 atom stereocenters. The first kappa shape index (κ1) is 17.4. The first-order valence-corrected chi connectivity index (χ1v) is 9.32. The average molecular weight is 391 g/mol. The summed E-state index contributed by atoms with van der Waals surface area (Å²) >= 11 is 0. The van der Waals surface area contributed by atoms with Crippen LogP contribution in [-0.4, -0.2) is 49.2 Å². The van der Waals surface area contributed by atoms with E-state index in [0.717, 1.165) is 24.3 Å². The van der Waals surface area contributed by atoms with Gasteiger partial charge in [0.2, 0.25) is 5.82 Å². The van der Waals surface area contributed by atoms with Crippen LogP contribution in [0.5, 0.6) is 0 Å². The Labute approximate surface area is 165 Å². The first-order valence-electron chi connectivity index (χ1n) is 9.32. The normalized spacial score (nSPS) is 16.4. The van der Waals surface area contributed by atoms with Gasteiger partial charge in [0.25, 0.3) is 5.91 Å². The zero-order valence-corrected chi connectivity index (χ0v) is 15.4. The van der Waals surface area contributed by atoms with Gasteiger partial charge >= 0.3 is 0 Å². The van der Waals surface area contributed by atoms with Crippen LogP contribution in [0, 0.1) is 5.82 Å². The minimum Gasteiger partial charge on any atom is -0.353 e. The standard InChI is InChI=1S/C20H18FN7O/c21-14-3-5-16(6-4-14)28-13-23-18(25-28)20(29)24-15-7-10-27(12-15)19-17-2-1-9-26(17)11-8-22-19/h1-6,8-9,11,13,15H,7,10,12H2,(H,24,29)/t15-/m1/s1. The summed E-state index contributed by atoms with van der Waals surface area (Å²) in [4.78, 5) is 23.3. The monoisotopic (exact) mass is 391 g/mol. The molecule has 146 valence electrons. The van der Waals surface area contributed by atoms with Gasteiger partial charge in [-0.2, -0.15) is 0 Å². The smallest absolute Gasteiger partial charge is 0.291 e. The van der Waals surface area contributed by atoms with Crippen molar-refractivity contribution in [3.63, 3.8) is 0 Å². The van der Waals surface area contributed by atoms with Gasteiger partial charge in [0, 0.05) is 37.7 Å². The van der Waals surface area contributed by atoms with Crippen LogP contribution in [0.25, 0.3) is 11.2 Å². The van der Waals surface area contributed by atoms with Gasteiger partial charge in [-0.25, -0.2) is 19.0 Å². The molecular formula is C20H18FN7O. The topological polar surface area (TPSA) is 80.4 Å². The molecule has 3 aromatic heterocycles. The fraction of sp³-hybridized carbons (Fsp3) is 0.200. The first-order chi connectivity index (χ1) is 14.2. The zero-order valence-electron chi connectivity index (χ0n) is 15.4. The van der Waals surface area contributed by atoms with Crippen molar-refractivity contribution in [3.05, 3.63) is 73.0 Å². The predicted molar refractivity (Wildman–Crippen MR) is 105 cm³/mol. The Bertz CT molecular complexity index is 1170. The van der Waals surface area contributed by atoms with Gasteiger partial charge in [0.05, 0.1) is 11.2 Å². The highest BCUT2D eigenvalue weighted by molar-refractivity contribution is 5.90. The van der Waals surface area contributed by atoms with Gasteiger partial charge in [0.15, 0.2) is 5.82 Å². The van der Waals surface area contributed by atoms with Crippen molar-refractivity contribution < 1.29 is 9.18 Å².